The van der Waals surface area contributed by atoms with Crippen molar-refractivity contribution in [2.24, 2.45) is 5.41 Å². The van der Waals surface area contributed by atoms with Gasteiger partial charge >= 0.3 is 0 Å². The summed E-state index contributed by atoms with van der Waals surface area (Å²) in [5.74, 6) is -0.241. The zero-order valence-electron chi connectivity index (χ0n) is 11.1. The summed E-state index contributed by atoms with van der Waals surface area (Å²) in [5, 5.41) is 0. The summed E-state index contributed by atoms with van der Waals surface area (Å²) >= 11 is 0. The normalized spacial score (nSPS) is 13.2. The number of amides is 1. The van der Waals surface area contributed by atoms with E-state index in [1.54, 1.807) is 11.9 Å². The minimum absolute atomic E-state index is 0.0219. The Bertz CT molecular complexity index is 457. The smallest absolute Gasteiger partial charge is 0.259 e. The van der Waals surface area contributed by atoms with Gasteiger partial charge in [-0.1, -0.05) is 20.8 Å². The Kier molecular flexibility index (Phi) is 3.76. The molecule has 4 nitrogen and oxygen atoms in total. The first-order valence-electron chi connectivity index (χ1n) is 5.69. The molecule has 1 aromatic heterocycles. The number of hydrogen-bond donors (Lipinski definition) is 1. The second-order valence-electron chi connectivity index (χ2n) is 5.38. The number of rotatable bonds is 2. The largest absolute Gasteiger partial charge is 0.367 e. The molecule has 0 aliphatic heterocycles. The highest BCUT2D eigenvalue weighted by Gasteiger charge is 2.28. The maximum absolute atomic E-state index is 12.2. The lowest BCUT2D eigenvalue weighted by atomic mass is 9.87. The molecule has 17 heavy (non-hydrogen) atoms. The van der Waals surface area contributed by atoms with E-state index in [9.17, 15) is 9.59 Å². The van der Waals surface area contributed by atoms with E-state index in [1.807, 2.05) is 6.92 Å². The van der Waals surface area contributed by atoms with E-state index in [0.29, 0.717) is 0 Å². The van der Waals surface area contributed by atoms with Crippen LogP contribution < -0.4 is 5.43 Å². The van der Waals surface area contributed by atoms with Crippen molar-refractivity contribution in [3.05, 3.63) is 34.2 Å². The highest BCUT2D eigenvalue weighted by Crippen LogP contribution is 2.23. The van der Waals surface area contributed by atoms with Gasteiger partial charge in [0.1, 0.15) is 5.56 Å². The molecule has 1 N–H and O–H groups in total. The van der Waals surface area contributed by atoms with Crippen molar-refractivity contribution in [1.82, 2.24) is 9.88 Å². The van der Waals surface area contributed by atoms with Crippen molar-refractivity contribution < 1.29 is 4.79 Å². The van der Waals surface area contributed by atoms with Gasteiger partial charge in [0.25, 0.3) is 5.91 Å². The lowest BCUT2D eigenvalue weighted by Crippen LogP contribution is -2.44. The van der Waals surface area contributed by atoms with E-state index in [4.69, 9.17) is 0 Å². The van der Waals surface area contributed by atoms with Crippen molar-refractivity contribution in [3.63, 3.8) is 0 Å². The van der Waals surface area contributed by atoms with Gasteiger partial charge in [0.15, 0.2) is 5.43 Å². The molecule has 0 saturated carbocycles. The Labute approximate surface area is 102 Å². The number of pyridine rings is 1. The van der Waals surface area contributed by atoms with Crippen LogP contribution in [0, 0.1) is 5.41 Å². The molecular weight excluding hydrogens is 216 g/mol. The predicted molar refractivity (Wildman–Crippen MR) is 68.1 cm³/mol. The first-order chi connectivity index (χ1) is 7.75. The fourth-order valence-corrected chi connectivity index (χ4v) is 1.53. The third-order valence-corrected chi connectivity index (χ3v) is 3.21. The number of aromatic amines is 1. The van der Waals surface area contributed by atoms with Crippen LogP contribution in [0.3, 0.4) is 0 Å². The molecule has 0 aliphatic rings. The van der Waals surface area contributed by atoms with Crippen LogP contribution >= 0.6 is 0 Å². The van der Waals surface area contributed by atoms with Crippen LogP contribution in [0.1, 0.15) is 38.1 Å². The van der Waals surface area contributed by atoms with Gasteiger partial charge < -0.3 is 9.88 Å². The standard InChI is InChI=1S/C13H20N2O2/c1-9(13(2,3)4)15(5)12(17)10-8-14-7-6-11(10)16/h6-9H,1-5H3,(H,14,16). The van der Waals surface area contributed by atoms with E-state index in [0.717, 1.165) is 0 Å². The zero-order chi connectivity index (χ0) is 13.2. The molecule has 0 aliphatic carbocycles. The SMILES string of the molecule is CC(N(C)C(=O)c1c[nH]ccc1=O)C(C)(C)C. The van der Waals surface area contributed by atoms with Crippen LogP contribution in [0.4, 0.5) is 0 Å². The Morgan fingerprint density at radius 1 is 1.41 bits per heavy atom. The first-order valence-corrected chi connectivity index (χ1v) is 5.69. The highest BCUT2D eigenvalue weighted by molar-refractivity contribution is 5.93. The van der Waals surface area contributed by atoms with Crippen molar-refractivity contribution in [2.45, 2.75) is 33.7 Å². The molecule has 0 bridgehead atoms. The Balaban J connectivity index is 3.00. The number of carbonyl (C=O) groups excluding carboxylic acids is 1. The predicted octanol–water partition coefficient (Wildman–Crippen LogP) is 1.88. The molecule has 0 saturated heterocycles. The second-order valence-corrected chi connectivity index (χ2v) is 5.38. The minimum atomic E-state index is -0.248. The van der Waals surface area contributed by atoms with Crippen LogP contribution in [-0.2, 0) is 0 Å². The van der Waals surface area contributed by atoms with Gasteiger partial charge in [-0.15, -0.1) is 0 Å². The summed E-state index contributed by atoms with van der Waals surface area (Å²) in [6.45, 7) is 8.18. The van der Waals surface area contributed by atoms with Crippen LogP contribution in [-0.4, -0.2) is 28.9 Å². The Morgan fingerprint density at radius 2 is 2.00 bits per heavy atom. The highest BCUT2D eigenvalue weighted by atomic mass is 16.2. The van der Waals surface area contributed by atoms with E-state index in [1.165, 1.54) is 18.5 Å². The van der Waals surface area contributed by atoms with E-state index >= 15 is 0 Å². The number of aromatic nitrogens is 1. The van der Waals surface area contributed by atoms with Crippen LogP contribution in [0.15, 0.2) is 23.3 Å². The van der Waals surface area contributed by atoms with Crippen LogP contribution in [0.5, 0.6) is 0 Å². The van der Waals surface area contributed by atoms with Crippen molar-refractivity contribution in [1.29, 1.82) is 0 Å². The van der Waals surface area contributed by atoms with Gasteiger partial charge in [-0.05, 0) is 12.3 Å². The van der Waals surface area contributed by atoms with Gasteiger partial charge in [0, 0.05) is 31.5 Å². The molecule has 1 rings (SSSR count). The van der Waals surface area contributed by atoms with Crippen molar-refractivity contribution in [2.75, 3.05) is 7.05 Å². The topological polar surface area (TPSA) is 53.2 Å². The summed E-state index contributed by atoms with van der Waals surface area (Å²) < 4.78 is 0. The van der Waals surface area contributed by atoms with Gasteiger partial charge in [-0.3, -0.25) is 9.59 Å². The average Bonchev–Trinajstić information content (AvgIpc) is 2.25. The number of nitrogens with zero attached hydrogens (tertiary/aromatic N) is 1. The maximum atomic E-state index is 12.2. The third-order valence-electron chi connectivity index (χ3n) is 3.21. The average molecular weight is 236 g/mol. The van der Waals surface area contributed by atoms with Crippen molar-refractivity contribution in [3.8, 4) is 0 Å². The van der Waals surface area contributed by atoms with Gasteiger partial charge in [0.2, 0.25) is 0 Å². The van der Waals surface area contributed by atoms with Gasteiger partial charge in [-0.2, -0.15) is 0 Å². The minimum Gasteiger partial charge on any atom is -0.367 e. The fraction of sp³-hybridized carbons (Fsp3) is 0.538. The summed E-state index contributed by atoms with van der Waals surface area (Å²) in [6, 6.07) is 1.41. The molecule has 1 heterocycles. The zero-order valence-corrected chi connectivity index (χ0v) is 11.1. The van der Waals surface area contributed by atoms with Crippen LogP contribution in [0.2, 0.25) is 0 Å². The lowest BCUT2D eigenvalue weighted by Gasteiger charge is -2.35. The molecule has 94 valence electrons. The summed E-state index contributed by atoms with van der Waals surface area (Å²) in [4.78, 5) is 28.1. The number of hydrogen-bond acceptors (Lipinski definition) is 2. The quantitative estimate of drug-likeness (QED) is 0.852. The Hall–Kier alpha value is -1.58. The van der Waals surface area contributed by atoms with Gasteiger partial charge in [-0.25, -0.2) is 0 Å². The summed E-state index contributed by atoms with van der Waals surface area (Å²) in [7, 11) is 1.73. The van der Waals surface area contributed by atoms with Crippen LogP contribution in [0.25, 0.3) is 0 Å². The summed E-state index contributed by atoms with van der Waals surface area (Å²) in [6.07, 6.45) is 2.98. The van der Waals surface area contributed by atoms with E-state index < -0.39 is 0 Å². The molecule has 1 amide bonds. The second kappa shape index (κ2) is 4.73. The first kappa shape index (κ1) is 13.5. The molecule has 0 radical (unpaired) electrons. The molecular formula is C13H20N2O2. The molecule has 0 aromatic carbocycles. The summed E-state index contributed by atoms with van der Waals surface area (Å²) in [5.41, 5.74) is -0.0841. The van der Waals surface area contributed by atoms with E-state index in [-0.39, 0.29) is 28.4 Å². The van der Waals surface area contributed by atoms with E-state index in [2.05, 4.69) is 25.8 Å². The molecule has 0 fully saturated rings. The molecule has 1 unspecified atom stereocenters. The molecule has 4 heteroatoms. The number of carbonyl (C=O) groups is 1. The monoisotopic (exact) mass is 236 g/mol. The lowest BCUT2D eigenvalue weighted by molar-refractivity contribution is 0.0627. The maximum Gasteiger partial charge on any atom is 0.259 e. The van der Waals surface area contributed by atoms with Crippen molar-refractivity contribution >= 4 is 5.91 Å². The molecule has 0 spiro atoms. The number of nitrogens with one attached hydrogen (secondary N) is 1. The third kappa shape index (κ3) is 2.96. The Morgan fingerprint density at radius 3 is 2.47 bits per heavy atom. The molecule has 1 aromatic rings. The van der Waals surface area contributed by atoms with Gasteiger partial charge in [0.05, 0.1) is 0 Å². The number of H-pyrrole nitrogens is 1. The molecule has 1 atom stereocenters. The fourth-order valence-electron chi connectivity index (χ4n) is 1.53.